The Hall–Kier alpha value is -1.41. The molecule has 1 N–H and O–H groups in total. The van der Waals surface area contributed by atoms with Crippen molar-refractivity contribution in [3.63, 3.8) is 0 Å². The highest BCUT2D eigenvalue weighted by atomic mass is 35.5. The maximum Gasteiger partial charge on any atom is 0.341 e. The van der Waals surface area contributed by atoms with E-state index in [1.807, 2.05) is 19.1 Å². The highest BCUT2D eigenvalue weighted by Crippen LogP contribution is 2.72. The summed E-state index contributed by atoms with van der Waals surface area (Å²) in [6.45, 7) is 12.0. The van der Waals surface area contributed by atoms with Gasteiger partial charge in [0.2, 0.25) is 0 Å². The second-order valence-electron chi connectivity index (χ2n) is 13.0. The molecule has 1 spiro atoms. The van der Waals surface area contributed by atoms with Crippen molar-refractivity contribution < 1.29 is 28.9 Å². The summed E-state index contributed by atoms with van der Waals surface area (Å²) in [7, 11) is 0. The van der Waals surface area contributed by atoms with Gasteiger partial charge in [-0.3, -0.25) is 4.79 Å². The van der Waals surface area contributed by atoms with Gasteiger partial charge in [-0.05, 0) is 73.6 Å². The van der Waals surface area contributed by atoms with Gasteiger partial charge in [0.1, 0.15) is 6.10 Å². The monoisotopic (exact) mass is 594 g/mol. The number of hydrogen-bond acceptors (Lipinski definition) is 6. The van der Waals surface area contributed by atoms with E-state index in [1.54, 1.807) is 20.8 Å². The number of carbonyl (C=O) groups is 2. The number of benzene rings is 1. The number of Topliss-reactive ketones (excluding diaryl/α,β-unsaturated/α-hetero) is 1. The van der Waals surface area contributed by atoms with Crippen molar-refractivity contribution in [2.45, 2.75) is 71.6 Å². The summed E-state index contributed by atoms with van der Waals surface area (Å²) in [6, 6.07) is 2.82. The van der Waals surface area contributed by atoms with Crippen molar-refractivity contribution in [1.29, 1.82) is 0 Å². The first-order valence-electron chi connectivity index (χ1n) is 13.4. The fourth-order valence-corrected chi connectivity index (χ4v) is 9.17. The third-order valence-corrected chi connectivity index (χ3v) is 10.9. The molecule has 1 aliphatic heterocycles. The smallest absolute Gasteiger partial charge is 0.341 e. The number of allylic oxidation sites excluding steroid dienone is 1. The lowest BCUT2D eigenvalue weighted by Gasteiger charge is -2.52. The minimum atomic E-state index is -1.92. The van der Waals surface area contributed by atoms with Crippen LogP contribution in [0.25, 0.3) is 0 Å². The number of carbonyl (C=O) groups excluding carboxylic acids is 2. The van der Waals surface area contributed by atoms with Crippen LogP contribution in [-0.2, 0) is 19.0 Å². The predicted molar refractivity (Wildman–Crippen MR) is 148 cm³/mol. The fraction of sp³-hybridized carbons (Fsp3) is 0.600. The lowest BCUT2D eigenvalue weighted by molar-refractivity contribution is -0.302. The Morgan fingerprint density at radius 1 is 1.13 bits per heavy atom. The molecule has 0 amide bonds. The van der Waals surface area contributed by atoms with Crippen LogP contribution < -0.4 is 0 Å². The normalized spacial score (nSPS) is 41.2. The van der Waals surface area contributed by atoms with Crippen molar-refractivity contribution in [3.8, 4) is 0 Å². The molecule has 6 nitrogen and oxygen atoms in total. The van der Waals surface area contributed by atoms with E-state index in [1.165, 1.54) is 12.1 Å². The van der Waals surface area contributed by atoms with E-state index in [9.17, 15) is 14.7 Å². The summed E-state index contributed by atoms with van der Waals surface area (Å²) in [5.41, 5.74) is -2.03. The largest absolute Gasteiger partial charge is 0.451 e. The third-order valence-electron chi connectivity index (χ3n) is 10.1. The zero-order valence-electron chi connectivity index (χ0n) is 22.8. The summed E-state index contributed by atoms with van der Waals surface area (Å²) in [4.78, 5) is 28.3. The molecule has 0 aromatic heterocycles. The molecule has 0 radical (unpaired) electrons. The molecule has 6 rings (SSSR count). The molecule has 7 unspecified atom stereocenters. The summed E-state index contributed by atoms with van der Waals surface area (Å²) in [5, 5.41) is 13.4. The van der Waals surface area contributed by atoms with Gasteiger partial charge in [-0.25, -0.2) is 4.79 Å². The minimum absolute atomic E-state index is 0.00612. The molecule has 5 aliphatic rings. The van der Waals surface area contributed by atoms with Crippen LogP contribution in [-0.4, -0.2) is 47.1 Å². The van der Waals surface area contributed by atoms with Crippen LogP contribution in [0.5, 0.6) is 0 Å². The van der Waals surface area contributed by atoms with Gasteiger partial charge in [0, 0.05) is 10.9 Å². The van der Waals surface area contributed by atoms with Crippen LogP contribution in [0, 0.1) is 34.5 Å². The van der Waals surface area contributed by atoms with Crippen LogP contribution in [0.15, 0.2) is 35.4 Å². The van der Waals surface area contributed by atoms with Crippen molar-refractivity contribution in [2.24, 2.45) is 34.5 Å². The Bertz CT molecular complexity index is 1340. The standard InChI is InChI=1S/C30H33Cl3O6/c1-13-11-29-14(2)7-18-22(27(18,3)4)17(23(29)34)8-15-12-37-28(5,6)39-25(15)30(29,36)24(13)38-26(35)21-19(32)9-16(31)10-20(21)33/h8-11,14,17-18,22,24-25,36H,7,12H2,1-6H3/t14-,17?,18?,22?,24?,25?,29?,30?/m1/s1. The number of fused-ring (bicyclic) bond motifs is 5. The van der Waals surface area contributed by atoms with E-state index in [2.05, 4.69) is 13.8 Å². The lowest BCUT2D eigenvalue weighted by Crippen LogP contribution is -2.68. The maximum absolute atomic E-state index is 14.7. The molecule has 39 heavy (non-hydrogen) atoms. The first-order valence-corrected chi connectivity index (χ1v) is 14.5. The molecule has 1 aromatic rings. The number of rotatable bonds is 2. The van der Waals surface area contributed by atoms with E-state index in [-0.39, 0.29) is 50.3 Å². The summed E-state index contributed by atoms with van der Waals surface area (Å²) < 4.78 is 18.5. The van der Waals surface area contributed by atoms with E-state index >= 15 is 0 Å². The van der Waals surface area contributed by atoms with Crippen molar-refractivity contribution in [1.82, 2.24) is 0 Å². The first kappa shape index (κ1) is 27.7. The molecule has 4 aliphatic carbocycles. The number of ketones is 1. The van der Waals surface area contributed by atoms with Crippen molar-refractivity contribution >= 4 is 46.6 Å². The molecule has 1 heterocycles. The molecule has 8 atom stereocenters. The molecule has 3 fully saturated rings. The Balaban J connectivity index is 1.52. The SMILES string of the molecule is CC1=CC23C(=O)C(C=C4COC(C)(C)OC4C2(O)C1OC(=O)c1c(Cl)cc(Cl)cc1Cl)C1C(C[C@H]3C)C1(C)C. The Morgan fingerprint density at radius 3 is 2.41 bits per heavy atom. The molecule has 210 valence electrons. The molecule has 9 heteroatoms. The minimum Gasteiger partial charge on any atom is -0.451 e. The molecular weight excluding hydrogens is 563 g/mol. The molecule has 1 saturated heterocycles. The fourth-order valence-electron chi connectivity index (χ4n) is 8.20. The lowest BCUT2D eigenvalue weighted by atomic mass is 9.59. The van der Waals surface area contributed by atoms with Crippen molar-refractivity contribution in [3.05, 3.63) is 56.1 Å². The van der Waals surface area contributed by atoms with Crippen LogP contribution in [0.4, 0.5) is 0 Å². The quantitative estimate of drug-likeness (QED) is 0.313. The Labute approximate surface area is 243 Å². The summed E-state index contributed by atoms with van der Waals surface area (Å²) in [6.07, 6.45) is 2.44. The van der Waals surface area contributed by atoms with Crippen molar-refractivity contribution in [2.75, 3.05) is 6.61 Å². The molecule has 2 bridgehead atoms. The zero-order chi connectivity index (χ0) is 28.4. The topological polar surface area (TPSA) is 82.1 Å². The summed E-state index contributed by atoms with van der Waals surface area (Å²) in [5.74, 6) is -2.07. The maximum atomic E-state index is 14.7. The van der Waals surface area contributed by atoms with E-state index in [4.69, 9.17) is 49.0 Å². The first-order chi connectivity index (χ1) is 18.1. The number of halogens is 3. The number of esters is 1. The van der Waals surface area contributed by atoms with Gasteiger partial charge in [-0.1, -0.05) is 67.7 Å². The van der Waals surface area contributed by atoms with Crippen LogP contribution in [0.3, 0.4) is 0 Å². The van der Waals surface area contributed by atoms with Crippen LogP contribution in [0.1, 0.15) is 58.3 Å². The Morgan fingerprint density at radius 2 is 1.77 bits per heavy atom. The highest BCUT2D eigenvalue weighted by Gasteiger charge is 2.77. The Kier molecular flexibility index (Phi) is 6.09. The van der Waals surface area contributed by atoms with Crippen LogP contribution in [0.2, 0.25) is 15.1 Å². The van der Waals surface area contributed by atoms with Gasteiger partial charge in [-0.15, -0.1) is 0 Å². The van der Waals surface area contributed by atoms with Crippen LogP contribution >= 0.6 is 34.8 Å². The number of hydrogen-bond donors (Lipinski definition) is 1. The highest BCUT2D eigenvalue weighted by molar-refractivity contribution is 6.41. The van der Waals surface area contributed by atoms with Gasteiger partial charge >= 0.3 is 5.97 Å². The number of aliphatic hydroxyl groups is 1. The van der Waals surface area contributed by atoms with Gasteiger partial charge in [0.25, 0.3) is 0 Å². The van der Waals surface area contributed by atoms with E-state index in [0.717, 1.165) is 6.42 Å². The zero-order valence-corrected chi connectivity index (χ0v) is 25.1. The molecular formula is C30H33Cl3O6. The molecule has 2 saturated carbocycles. The van der Waals surface area contributed by atoms with Gasteiger partial charge in [-0.2, -0.15) is 0 Å². The van der Waals surface area contributed by atoms with Gasteiger partial charge < -0.3 is 19.3 Å². The predicted octanol–water partition coefficient (Wildman–Crippen LogP) is 6.44. The second-order valence-corrected chi connectivity index (χ2v) is 14.3. The second kappa shape index (κ2) is 8.56. The van der Waals surface area contributed by atoms with Gasteiger partial charge in [0.05, 0.1) is 27.6 Å². The van der Waals surface area contributed by atoms with E-state index in [0.29, 0.717) is 17.1 Å². The number of ether oxygens (including phenoxy) is 3. The average molecular weight is 596 g/mol. The van der Waals surface area contributed by atoms with E-state index < -0.39 is 40.9 Å². The average Bonchev–Trinajstić information content (AvgIpc) is 3.31. The third kappa shape index (κ3) is 3.65. The van der Waals surface area contributed by atoms with Gasteiger partial charge in [0.15, 0.2) is 23.3 Å². The summed E-state index contributed by atoms with van der Waals surface area (Å²) >= 11 is 18.7. The molecule has 1 aromatic carbocycles.